The van der Waals surface area contributed by atoms with Crippen molar-refractivity contribution in [3.05, 3.63) is 34.3 Å². The highest BCUT2D eigenvalue weighted by Gasteiger charge is 2.76. The highest BCUT2D eigenvalue weighted by Crippen LogP contribution is 2.59. The molecule has 120 valence electrons. The fourth-order valence-electron chi connectivity index (χ4n) is 3.03. The Labute approximate surface area is 138 Å². The van der Waals surface area contributed by atoms with Crippen molar-refractivity contribution in [2.45, 2.75) is 30.4 Å². The van der Waals surface area contributed by atoms with Crippen molar-refractivity contribution in [3.63, 3.8) is 0 Å². The number of morpholine rings is 1. The number of benzene rings is 1. The largest absolute Gasteiger partial charge is 0.451 e. The minimum atomic E-state index is -5.18. The summed E-state index contributed by atoms with van der Waals surface area (Å²) in [5.41, 5.74) is -1.88. The summed E-state index contributed by atoms with van der Waals surface area (Å²) >= 11 is 8.20. The Kier molecular flexibility index (Phi) is 3.77. The number of halogens is 5. The Hall–Kier alpha value is -0.730. The first-order valence-corrected chi connectivity index (χ1v) is 7.87. The summed E-state index contributed by atoms with van der Waals surface area (Å²) in [6, 6.07) is 6.18. The van der Waals surface area contributed by atoms with E-state index in [1.807, 2.05) is 0 Å². The van der Waals surface area contributed by atoms with Crippen LogP contribution in [0.4, 0.5) is 17.6 Å². The summed E-state index contributed by atoms with van der Waals surface area (Å²) in [5.74, 6) is -4.36. The van der Waals surface area contributed by atoms with E-state index in [2.05, 4.69) is 26.0 Å². The topological polar surface area (TPSA) is 21.3 Å². The summed E-state index contributed by atoms with van der Waals surface area (Å²) in [7, 11) is 0. The molecule has 0 amide bonds. The molecule has 1 N–H and O–H groups in total. The molecule has 1 aliphatic heterocycles. The molecule has 2 atom stereocenters. The molecule has 1 aromatic carbocycles. The fourth-order valence-corrected chi connectivity index (χ4v) is 3.65. The summed E-state index contributed by atoms with van der Waals surface area (Å²) in [5, 5.41) is 2.62. The second-order valence-electron chi connectivity index (χ2n) is 5.52. The number of hydrogen-bond donors (Lipinski definition) is 1. The maximum atomic E-state index is 15.2. The highest BCUT2D eigenvalue weighted by atomic mass is 79.9. The Morgan fingerprint density at radius 3 is 2.55 bits per heavy atom. The Morgan fingerprint density at radius 1 is 1.32 bits per heavy atom. The van der Waals surface area contributed by atoms with Gasteiger partial charge in [-0.25, -0.2) is 0 Å². The van der Waals surface area contributed by atoms with Crippen molar-refractivity contribution in [3.8, 4) is 0 Å². The molecule has 2 unspecified atom stereocenters. The molecular weight excluding hydrogens is 386 g/mol. The van der Waals surface area contributed by atoms with Gasteiger partial charge in [0.1, 0.15) is 17.1 Å². The molecule has 8 heteroatoms. The van der Waals surface area contributed by atoms with E-state index in [4.69, 9.17) is 12.2 Å². The lowest BCUT2D eigenvalue weighted by atomic mass is 9.76. The second-order valence-corrected chi connectivity index (χ2v) is 6.93. The van der Waals surface area contributed by atoms with E-state index in [1.165, 1.54) is 12.1 Å². The van der Waals surface area contributed by atoms with Gasteiger partial charge in [-0.2, -0.15) is 17.6 Å². The van der Waals surface area contributed by atoms with E-state index in [0.29, 0.717) is 17.3 Å². The lowest BCUT2D eigenvalue weighted by molar-refractivity contribution is -0.367. The monoisotopic (exact) mass is 397 g/mol. The molecule has 1 heterocycles. The van der Waals surface area contributed by atoms with Gasteiger partial charge in [0.25, 0.3) is 0 Å². The smallest absolute Gasteiger partial charge is 0.363 e. The molecule has 0 radical (unpaired) electrons. The van der Waals surface area contributed by atoms with Crippen LogP contribution in [-0.4, -0.2) is 23.6 Å². The molecule has 1 saturated carbocycles. The van der Waals surface area contributed by atoms with Crippen LogP contribution in [0.3, 0.4) is 0 Å². The third kappa shape index (κ3) is 2.27. The van der Waals surface area contributed by atoms with E-state index in [9.17, 15) is 13.2 Å². The third-order valence-corrected chi connectivity index (χ3v) is 4.79. The summed E-state index contributed by atoms with van der Waals surface area (Å²) in [4.78, 5) is 0.0735. The number of hydrogen-bond acceptors (Lipinski definition) is 2. The molecular formula is C14H12BrF4NOS. The van der Waals surface area contributed by atoms with Gasteiger partial charge in [0.05, 0.1) is 0 Å². The van der Waals surface area contributed by atoms with Crippen LogP contribution in [0.2, 0.25) is 0 Å². The maximum absolute atomic E-state index is 15.2. The van der Waals surface area contributed by atoms with E-state index in [1.54, 1.807) is 12.1 Å². The summed E-state index contributed by atoms with van der Waals surface area (Å²) in [6.07, 6.45) is -4.22. The Bertz CT molecular complexity index is 621. The van der Waals surface area contributed by atoms with Gasteiger partial charge < -0.3 is 10.1 Å². The van der Waals surface area contributed by atoms with Crippen LogP contribution in [0.5, 0.6) is 0 Å². The van der Waals surface area contributed by atoms with E-state index >= 15 is 4.39 Å². The van der Waals surface area contributed by atoms with E-state index in [0.717, 1.165) is 0 Å². The van der Waals surface area contributed by atoms with Gasteiger partial charge in [-0.15, -0.1) is 0 Å². The standard InChI is InChI=1S/C14H12BrF4NOS/c15-10-3-1-2-9(6-10)12(8-4-5-8)13(16,14(17,18)19)21-7-11(22)20-12/h1-3,6,8H,4-5,7H2,(H,20,22). The van der Waals surface area contributed by atoms with Crippen LogP contribution in [0.1, 0.15) is 18.4 Å². The minimum absolute atomic E-state index is 0.0735. The molecule has 0 aromatic heterocycles. The SMILES string of the molecule is FC(F)(F)C1(F)OCC(=S)NC1(c1cccc(Br)c1)C1CC1. The van der Waals surface area contributed by atoms with Crippen molar-refractivity contribution in [2.75, 3.05) is 6.61 Å². The molecule has 2 nitrogen and oxygen atoms in total. The van der Waals surface area contributed by atoms with Crippen LogP contribution in [-0.2, 0) is 10.3 Å². The van der Waals surface area contributed by atoms with Crippen molar-refractivity contribution in [1.82, 2.24) is 5.32 Å². The average molecular weight is 398 g/mol. The number of thiocarbonyl (C=S) groups is 1. The van der Waals surface area contributed by atoms with Gasteiger partial charge in [-0.1, -0.05) is 40.3 Å². The predicted molar refractivity (Wildman–Crippen MR) is 80.1 cm³/mol. The van der Waals surface area contributed by atoms with Crippen molar-refractivity contribution >= 4 is 33.1 Å². The Balaban J connectivity index is 2.23. The molecule has 1 aliphatic carbocycles. The zero-order valence-electron chi connectivity index (χ0n) is 11.2. The summed E-state index contributed by atoms with van der Waals surface area (Å²) < 4.78 is 61.0. The zero-order valence-corrected chi connectivity index (χ0v) is 13.6. The predicted octanol–water partition coefficient (Wildman–Crippen LogP) is 4.23. The quantitative estimate of drug-likeness (QED) is 0.595. The molecule has 3 rings (SSSR count). The van der Waals surface area contributed by atoms with Crippen LogP contribution in [0.25, 0.3) is 0 Å². The van der Waals surface area contributed by atoms with Gasteiger partial charge in [0.2, 0.25) is 0 Å². The summed E-state index contributed by atoms with van der Waals surface area (Å²) in [6.45, 7) is -0.589. The molecule has 22 heavy (non-hydrogen) atoms. The fraction of sp³-hybridized carbons (Fsp3) is 0.500. The second kappa shape index (κ2) is 5.14. The first kappa shape index (κ1) is 16.1. The molecule has 2 fully saturated rings. The van der Waals surface area contributed by atoms with Crippen LogP contribution < -0.4 is 5.32 Å². The first-order chi connectivity index (χ1) is 10.2. The molecule has 0 bridgehead atoms. The molecule has 2 aliphatic rings. The number of alkyl halides is 4. The van der Waals surface area contributed by atoms with Gasteiger partial charge >= 0.3 is 12.0 Å². The van der Waals surface area contributed by atoms with Gasteiger partial charge in [-0.05, 0) is 36.5 Å². The van der Waals surface area contributed by atoms with Crippen molar-refractivity contribution in [1.29, 1.82) is 0 Å². The molecule has 0 spiro atoms. The first-order valence-electron chi connectivity index (χ1n) is 6.67. The number of nitrogens with one attached hydrogen (secondary N) is 1. The van der Waals surface area contributed by atoms with Gasteiger partial charge in [0, 0.05) is 4.47 Å². The number of rotatable bonds is 2. The van der Waals surface area contributed by atoms with Crippen molar-refractivity contribution < 1.29 is 22.3 Å². The normalized spacial score (nSPS) is 32.7. The minimum Gasteiger partial charge on any atom is -0.363 e. The van der Waals surface area contributed by atoms with Crippen LogP contribution in [0.15, 0.2) is 28.7 Å². The van der Waals surface area contributed by atoms with E-state index in [-0.39, 0.29) is 10.6 Å². The van der Waals surface area contributed by atoms with Crippen LogP contribution in [0, 0.1) is 5.92 Å². The van der Waals surface area contributed by atoms with E-state index < -0.39 is 30.1 Å². The molecule has 1 saturated heterocycles. The van der Waals surface area contributed by atoms with Crippen molar-refractivity contribution in [2.24, 2.45) is 5.92 Å². The van der Waals surface area contributed by atoms with Gasteiger partial charge in [-0.3, -0.25) is 0 Å². The highest BCUT2D eigenvalue weighted by molar-refractivity contribution is 9.10. The maximum Gasteiger partial charge on any atom is 0.451 e. The van der Waals surface area contributed by atoms with Gasteiger partial charge in [0.15, 0.2) is 0 Å². The number of ether oxygens (including phenoxy) is 1. The lowest BCUT2D eigenvalue weighted by Gasteiger charge is -2.50. The Morgan fingerprint density at radius 2 is 2.00 bits per heavy atom. The zero-order chi connectivity index (χ0) is 16.2. The lowest BCUT2D eigenvalue weighted by Crippen LogP contribution is -2.72. The molecule has 1 aromatic rings. The van der Waals surface area contributed by atoms with Crippen LogP contribution >= 0.6 is 28.1 Å². The average Bonchev–Trinajstić information content (AvgIpc) is 3.25. The third-order valence-electron chi connectivity index (χ3n) is 4.08.